The van der Waals surface area contributed by atoms with Crippen molar-refractivity contribution in [2.45, 2.75) is 37.3 Å². The number of nitrogens with zero attached hydrogens (tertiary/aromatic N) is 2. The van der Waals surface area contributed by atoms with E-state index in [1.807, 2.05) is 13.8 Å². The predicted octanol–water partition coefficient (Wildman–Crippen LogP) is 3.44. The second-order valence-corrected chi connectivity index (χ2v) is 7.69. The van der Waals surface area contributed by atoms with Crippen molar-refractivity contribution >= 4 is 40.4 Å². The second-order valence-electron chi connectivity index (χ2n) is 4.10. The van der Waals surface area contributed by atoms with Crippen molar-refractivity contribution < 1.29 is 9.90 Å². The van der Waals surface area contributed by atoms with Crippen LogP contribution >= 0.6 is 34.4 Å². The molecule has 0 bridgehead atoms. The highest BCUT2D eigenvalue weighted by Crippen LogP contribution is 2.31. The molecule has 2 aromatic heterocycles. The fourth-order valence-electron chi connectivity index (χ4n) is 1.49. The summed E-state index contributed by atoms with van der Waals surface area (Å²) in [6.45, 7) is 5.94. The van der Waals surface area contributed by atoms with Gasteiger partial charge in [0.15, 0.2) is 4.34 Å². The summed E-state index contributed by atoms with van der Waals surface area (Å²) in [5, 5.41) is 9.90. The van der Waals surface area contributed by atoms with Gasteiger partial charge in [-0.2, -0.15) is 0 Å². The molecule has 0 aliphatic carbocycles. The molecule has 0 aliphatic heterocycles. The first-order valence-corrected chi connectivity index (χ1v) is 8.31. The van der Waals surface area contributed by atoms with Crippen molar-refractivity contribution in [3.63, 3.8) is 0 Å². The van der Waals surface area contributed by atoms with Crippen LogP contribution in [0.5, 0.6) is 0 Å². The molecule has 102 valence electrons. The Hall–Kier alpha value is -0.920. The molecule has 0 saturated heterocycles. The highest BCUT2D eigenvalue weighted by Gasteiger charge is 2.12. The van der Waals surface area contributed by atoms with Crippen molar-refractivity contribution in [2.75, 3.05) is 0 Å². The van der Waals surface area contributed by atoms with Gasteiger partial charge >= 0.3 is 5.97 Å². The molecule has 1 N–H and O–H groups in total. The Morgan fingerprint density at radius 1 is 1.21 bits per heavy atom. The summed E-state index contributed by atoms with van der Waals surface area (Å²) in [4.78, 5) is 21.7. The maximum atomic E-state index is 10.7. The van der Waals surface area contributed by atoms with Crippen LogP contribution in [0, 0.1) is 20.8 Å². The van der Waals surface area contributed by atoms with Gasteiger partial charge in [-0.25, -0.2) is 9.97 Å². The van der Waals surface area contributed by atoms with Gasteiger partial charge in [0.1, 0.15) is 5.01 Å². The van der Waals surface area contributed by atoms with Crippen LogP contribution < -0.4 is 0 Å². The minimum Gasteiger partial charge on any atom is -0.481 e. The minimum atomic E-state index is -0.811. The zero-order chi connectivity index (χ0) is 14.0. The summed E-state index contributed by atoms with van der Waals surface area (Å²) in [6.07, 6.45) is 0.0551. The Morgan fingerprint density at radius 3 is 2.53 bits per heavy atom. The number of aromatic nitrogens is 2. The van der Waals surface area contributed by atoms with E-state index in [0.717, 1.165) is 31.4 Å². The number of carbonyl (C=O) groups is 1. The number of aryl methyl sites for hydroxylation is 3. The number of thiazole rings is 2. The summed E-state index contributed by atoms with van der Waals surface area (Å²) in [5.74, 6) is -0.0202. The minimum absolute atomic E-state index is 0.0551. The summed E-state index contributed by atoms with van der Waals surface area (Å²) in [7, 11) is 0. The number of hydrogen-bond acceptors (Lipinski definition) is 6. The molecule has 0 radical (unpaired) electrons. The molecule has 0 aromatic carbocycles. The standard InChI is InChI=1S/C12H14N2O2S3/c1-6-8(3)18-10(13-6)5-17-12-14-7(2)9(19-12)4-11(15)16/h4-5H2,1-3H3,(H,15,16). The molecular formula is C12H14N2O2S3. The van der Waals surface area contributed by atoms with Crippen LogP contribution in [0.1, 0.15) is 26.1 Å². The maximum Gasteiger partial charge on any atom is 0.308 e. The van der Waals surface area contributed by atoms with Gasteiger partial charge in [-0.05, 0) is 20.8 Å². The van der Waals surface area contributed by atoms with E-state index in [1.165, 1.54) is 16.2 Å². The van der Waals surface area contributed by atoms with E-state index in [1.54, 1.807) is 23.1 Å². The topological polar surface area (TPSA) is 63.1 Å². The Balaban J connectivity index is 2.01. The third-order valence-electron chi connectivity index (χ3n) is 2.58. The molecule has 2 rings (SSSR count). The SMILES string of the molecule is Cc1nc(CSc2nc(C)c(CC(=O)O)s2)sc1C. The van der Waals surface area contributed by atoms with Crippen molar-refractivity contribution in [1.29, 1.82) is 0 Å². The molecule has 0 atom stereocenters. The van der Waals surface area contributed by atoms with Crippen molar-refractivity contribution in [3.05, 3.63) is 26.1 Å². The number of hydrogen-bond donors (Lipinski definition) is 1. The van der Waals surface area contributed by atoms with E-state index < -0.39 is 5.97 Å². The van der Waals surface area contributed by atoms with Crippen LogP contribution in [-0.2, 0) is 17.0 Å². The molecule has 0 fully saturated rings. The van der Waals surface area contributed by atoms with Gasteiger partial charge < -0.3 is 5.11 Å². The van der Waals surface area contributed by atoms with Gasteiger partial charge in [-0.1, -0.05) is 11.8 Å². The van der Waals surface area contributed by atoms with E-state index >= 15 is 0 Å². The Morgan fingerprint density at radius 2 is 1.95 bits per heavy atom. The average molecular weight is 314 g/mol. The lowest BCUT2D eigenvalue weighted by Crippen LogP contribution is -1.99. The molecular weight excluding hydrogens is 300 g/mol. The largest absolute Gasteiger partial charge is 0.481 e. The van der Waals surface area contributed by atoms with E-state index in [0.29, 0.717) is 0 Å². The van der Waals surface area contributed by atoms with Gasteiger partial charge in [-0.3, -0.25) is 4.79 Å². The van der Waals surface area contributed by atoms with Gasteiger partial charge in [-0.15, -0.1) is 22.7 Å². The third kappa shape index (κ3) is 3.77. The van der Waals surface area contributed by atoms with Crippen LogP contribution in [-0.4, -0.2) is 21.0 Å². The van der Waals surface area contributed by atoms with Crippen molar-refractivity contribution in [1.82, 2.24) is 9.97 Å². The maximum absolute atomic E-state index is 10.7. The van der Waals surface area contributed by atoms with E-state index in [-0.39, 0.29) is 6.42 Å². The summed E-state index contributed by atoms with van der Waals surface area (Å²) in [6, 6.07) is 0. The highest BCUT2D eigenvalue weighted by atomic mass is 32.2. The second kappa shape index (κ2) is 6.02. The van der Waals surface area contributed by atoms with Crippen LogP contribution in [0.15, 0.2) is 4.34 Å². The van der Waals surface area contributed by atoms with Crippen LogP contribution in [0.2, 0.25) is 0 Å². The fraction of sp³-hybridized carbons (Fsp3) is 0.417. The quantitative estimate of drug-likeness (QED) is 0.857. The van der Waals surface area contributed by atoms with E-state index in [4.69, 9.17) is 5.11 Å². The first-order valence-electron chi connectivity index (χ1n) is 5.69. The lowest BCUT2D eigenvalue weighted by atomic mass is 10.3. The number of carboxylic acids is 1. The smallest absolute Gasteiger partial charge is 0.308 e. The summed E-state index contributed by atoms with van der Waals surface area (Å²) < 4.78 is 0.916. The van der Waals surface area contributed by atoms with Crippen LogP contribution in [0.25, 0.3) is 0 Å². The van der Waals surface area contributed by atoms with Crippen LogP contribution in [0.4, 0.5) is 0 Å². The lowest BCUT2D eigenvalue weighted by molar-refractivity contribution is -0.136. The Bertz CT molecular complexity index is 585. The average Bonchev–Trinajstić information content (AvgIpc) is 2.81. The number of rotatable bonds is 5. The van der Waals surface area contributed by atoms with Crippen molar-refractivity contribution in [3.8, 4) is 0 Å². The number of carboxylic acid groups (broad SMARTS) is 1. The molecule has 0 unspecified atom stereocenters. The van der Waals surface area contributed by atoms with E-state index in [9.17, 15) is 4.79 Å². The molecule has 4 nitrogen and oxygen atoms in total. The van der Waals surface area contributed by atoms with Crippen molar-refractivity contribution in [2.24, 2.45) is 0 Å². The molecule has 7 heteroatoms. The van der Waals surface area contributed by atoms with E-state index in [2.05, 4.69) is 16.9 Å². The van der Waals surface area contributed by atoms with Gasteiger partial charge in [0.25, 0.3) is 0 Å². The monoisotopic (exact) mass is 314 g/mol. The summed E-state index contributed by atoms with van der Waals surface area (Å²) in [5.41, 5.74) is 1.91. The zero-order valence-corrected chi connectivity index (χ0v) is 13.3. The molecule has 0 spiro atoms. The van der Waals surface area contributed by atoms with Gasteiger partial charge in [0, 0.05) is 9.75 Å². The number of thioether (sulfide) groups is 1. The molecule has 0 saturated carbocycles. The first-order chi connectivity index (χ1) is 8.95. The normalized spacial score (nSPS) is 10.9. The Kier molecular flexibility index (Phi) is 4.59. The van der Waals surface area contributed by atoms with Crippen LogP contribution in [0.3, 0.4) is 0 Å². The molecule has 2 aromatic rings. The molecule has 0 aliphatic rings. The first kappa shape index (κ1) is 14.5. The lowest BCUT2D eigenvalue weighted by Gasteiger charge is -1.92. The van der Waals surface area contributed by atoms with Gasteiger partial charge in [0.2, 0.25) is 0 Å². The molecule has 19 heavy (non-hydrogen) atoms. The Labute approximate surface area is 123 Å². The third-order valence-corrected chi connectivity index (χ3v) is 6.14. The fourth-order valence-corrected chi connectivity index (χ4v) is 4.64. The summed E-state index contributed by atoms with van der Waals surface area (Å²) >= 11 is 4.79. The number of aliphatic carboxylic acids is 1. The zero-order valence-electron chi connectivity index (χ0n) is 10.9. The predicted molar refractivity (Wildman–Crippen MR) is 79.3 cm³/mol. The highest BCUT2D eigenvalue weighted by molar-refractivity contribution is 8.00. The van der Waals surface area contributed by atoms with Gasteiger partial charge in [0.05, 0.1) is 23.6 Å². The molecule has 2 heterocycles. The molecule has 0 amide bonds.